The average molecular weight is 414 g/mol. The summed E-state index contributed by atoms with van der Waals surface area (Å²) in [5.41, 5.74) is 1.70. The second-order valence-electron chi connectivity index (χ2n) is 7.00. The van der Waals surface area contributed by atoms with Gasteiger partial charge in [0.05, 0.1) is 17.8 Å². The highest BCUT2D eigenvalue weighted by atomic mass is 32.2. The first-order chi connectivity index (χ1) is 13.8. The van der Waals surface area contributed by atoms with E-state index in [0.717, 1.165) is 18.5 Å². The molecule has 0 bridgehead atoms. The van der Waals surface area contributed by atoms with Crippen molar-refractivity contribution in [2.24, 2.45) is 5.14 Å². The zero-order chi connectivity index (χ0) is 20.6. The van der Waals surface area contributed by atoms with Gasteiger partial charge in [0.15, 0.2) is 0 Å². The van der Waals surface area contributed by atoms with Crippen LogP contribution in [0.4, 0.5) is 10.1 Å². The standard InChI is InChI=1S/C20H19FN4O3S/c21-16-4-2-1-3-14(16)11-20(26)23-15-7-8-18(19(12-15)29(22,27)28)25-10-9-17(24-25)13-5-6-13/h1-4,7-10,12-13H,5-6,11H2,(H,23,26)(H2,22,27,28). The van der Waals surface area contributed by atoms with Crippen molar-refractivity contribution in [2.45, 2.75) is 30.1 Å². The van der Waals surface area contributed by atoms with E-state index in [9.17, 15) is 17.6 Å². The molecule has 2 aromatic carbocycles. The van der Waals surface area contributed by atoms with Crippen LogP contribution in [0, 0.1) is 5.82 Å². The lowest BCUT2D eigenvalue weighted by Crippen LogP contribution is -2.18. The number of hydrogen-bond acceptors (Lipinski definition) is 4. The molecular weight excluding hydrogens is 395 g/mol. The zero-order valence-electron chi connectivity index (χ0n) is 15.4. The van der Waals surface area contributed by atoms with Crippen molar-refractivity contribution in [3.8, 4) is 5.69 Å². The van der Waals surface area contributed by atoms with Crippen LogP contribution in [-0.2, 0) is 21.2 Å². The molecule has 1 saturated carbocycles. The normalized spacial score (nSPS) is 14.0. The number of aromatic nitrogens is 2. The number of nitrogens with zero attached hydrogens (tertiary/aromatic N) is 2. The van der Waals surface area contributed by atoms with Crippen LogP contribution in [0.5, 0.6) is 0 Å². The lowest BCUT2D eigenvalue weighted by molar-refractivity contribution is -0.115. The van der Waals surface area contributed by atoms with Gasteiger partial charge in [0.25, 0.3) is 0 Å². The number of anilines is 1. The van der Waals surface area contributed by atoms with Crippen LogP contribution < -0.4 is 10.5 Å². The van der Waals surface area contributed by atoms with Gasteiger partial charge in [-0.25, -0.2) is 22.6 Å². The maximum Gasteiger partial charge on any atom is 0.240 e. The largest absolute Gasteiger partial charge is 0.326 e. The van der Waals surface area contributed by atoms with Gasteiger partial charge < -0.3 is 5.32 Å². The van der Waals surface area contributed by atoms with Crippen LogP contribution in [0.15, 0.2) is 59.6 Å². The zero-order valence-corrected chi connectivity index (χ0v) is 16.2. The van der Waals surface area contributed by atoms with Crippen molar-refractivity contribution >= 4 is 21.6 Å². The third-order valence-electron chi connectivity index (χ3n) is 4.71. The Hall–Kier alpha value is -3.04. The number of carbonyl (C=O) groups is 1. The Morgan fingerprint density at radius 3 is 2.66 bits per heavy atom. The molecule has 1 heterocycles. The number of nitrogens with one attached hydrogen (secondary N) is 1. The molecule has 0 atom stereocenters. The first-order valence-electron chi connectivity index (χ1n) is 9.07. The summed E-state index contributed by atoms with van der Waals surface area (Å²) < 4.78 is 39.5. The Morgan fingerprint density at radius 1 is 1.21 bits per heavy atom. The van der Waals surface area contributed by atoms with Crippen LogP contribution in [-0.4, -0.2) is 24.1 Å². The number of halogens is 1. The fourth-order valence-corrected chi connectivity index (χ4v) is 3.84. The summed E-state index contributed by atoms with van der Waals surface area (Å²) in [5.74, 6) is -0.530. The van der Waals surface area contributed by atoms with Gasteiger partial charge in [-0.3, -0.25) is 4.79 Å². The molecule has 7 nitrogen and oxygen atoms in total. The fraction of sp³-hybridized carbons (Fsp3) is 0.200. The van der Waals surface area contributed by atoms with Gasteiger partial charge in [0, 0.05) is 17.8 Å². The molecular formula is C20H19FN4O3S. The quantitative estimate of drug-likeness (QED) is 0.647. The molecule has 9 heteroatoms. The highest BCUT2D eigenvalue weighted by molar-refractivity contribution is 7.89. The molecule has 0 saturated heterocycles. The molecule has 0 radical (unpaired) electrons. The second-order valence-corrected chi connectivity index (χ2v) is 8.53. The number of rotatable bonds is 6. The SMILES string of the molecule is NS(=O)(=O)c1cc(NC(=O)Cc2ccccc2F)ccc1-n1ccc(C2CC2)n1. The minimum atomic E-state index is -4.07. The highest BCUT2D eigenvalue weighted by Crippen LogP contribution is 2.39. The third-order valence-corrected chi connectivity index (χ3v) is 5.65. The first-order valence-corrected chi connectivity index (χ1v) is 10.6. The number of benzene rings is 2. The molecule has 1 amide bonds. The van der Waals surface area contributed by atoms with E-state index in [2.05, 4.69) is 10.4 Å². The van der Waals surface area contributed by atoms with Gasteiger partial charge in [-0.15, -0.1) is 0 Å². The first kappa shape index (κ1) is 19.3. The molecule has 1 aliphatic carbocycles. The maximum atomic E-state index is 13.7. The van der Waals surface area contributed by atoms with Crippen molar-refractivity contribution in [3.05, 3.63) is 71.8 Å². The summed E-state index contributed by atoms with van der Waals surface area (Å²) in [7, 11) is -4.07. The van der Waals surface area contributed by atoms with Crippen LogP contribution in [0.2, 0.25) is 0 Å². The van der Waals surface area contributed by atoms with E-state index < -0.39 is 21.7 Å². The molecule has 0 unspecified atom stereocenters. The summed E-state index contributed by atoms with van der Waals surface area (Å²) in [6.45, 7) is 0. The molecule has 1 aromatic heterocycles. The number of primary sulfonamides is 1. The van der Waals surface area contributed by atoms with Crippen molar-refractivity contribution in [1.82, 2.24) is 9.78 Å². The van der Waals surface area contributed by atoms with Crippen molar-refractivity contribution in [1.29, 1.82) is 0 Å². The smallest absolute Gasteiger partial charge is 0.240 e. The van der Waals surface area contributed by atoms with E-state index in [1.54, 1.807) is 18.3 Å². The lowest BCUT2D eigenvalue weighted by atomic mass is 10.1. The topological polar surface area (TPSA) is 107 Å². The Balaban J connectivity index is 1.60. The molecule has 1 fully saturated rings. The molecule has 0 spiro atoms. The Bertz CT molecular complexity index is 1190. The van der Waals surface area contributed by atoms with Gasteiger partial charge in [0.2, 0.25) is 15.9 Å². The van der Waals surface area contributed by atoms with Gasteiger partial charge in [-0.05, 0) is 48.7 Å². The Kier molecular flexibility index (Phi) is 4.93. The third kappa shape index (κ3) is 4.36. The minimum Gasteiger partial charge on any atom is -0.326 e. The summed E-state index contributed by atoms with van der Waals surface area (Å²) >= 11 is 0. The summed E-state index contributed by atoms with van der Waals surface area (Å²) in [5, 5.41) is 12.4. The van der Waals surface area contributed by atoms with Gasteiger partial charge in [-0.1, -0.05) is 18.2 Å². The van der Waals surface area contributed by atoms with E-state index in [1.807, 2.05) is 6.07 Å². The van der Waals surface area contributed by atoms with E-state index >= 15 is 0 Å². The predicted octanol–water partition coefficient (Wildman–Crippen LogP) is 2.72. The van der Waals surface area contributed by atoms with E-state index in [4.69, 9.17) is 5.14 Å². The van der Waals surface area contributed by atoms with E-state index in [0.29, 0.717) is 11.6 Å². The highest BCUT2D eigenvalue weighted by Gasteiger charge is 2.26. The van der Waals surface area contributed by atoms with Gasteiger partial charge in [0.1, 0.15) is 10.7 Å². The van der Waals surface area contributed by atoms with Crippen molar-refractivity contribution in [3.63, 3.8) is 0 Å². The van der Waals surface area contributed by atoms with Crippen LogP contribution in [0.25, 0.3) is 5.69 Å². The lowest BCUT2D eigenvalue weighted by Gasteiger charge is -2.12. The average Bonchev–Trinajstić information content (AvgIpc) is 3.40. The summed E-state index contributed by atoms with van der Waals surface area (Å²) in [6.07, 6.45) is 3.66. The molecule has 0 aliphatic heterocycles. The van der Waals surface area contributed by atoms with E-state index in [-0.39, 0.29) is 22.6 Å². The molecule has 4 rings (SSSR count). The van der Waals surface area contributed by atoms with Crippen LogP contribution in [0.1, 0.15) is 30.0 Å². The second kappa shape index (κ2) is 7.41. The van der Waals surface area contributed by atoms with Crippen molar-refractivity contribution in [2.75, 3.05) is 5.32 Å². The van der Waals surface area contributed by atoms with Crippen LogP contribution >= 0.6 is 0 Å². The maximum absolute atomic E-state index is 13.7. The number of amides is 1. The van der Waals surface area contributed by atoms with E-state index in [1.165, 1.54) is 35.0 Å². The fourth-order valence-electron chi connectivity index (χ4n) is 3.10. The van der Waals surface area contributed by atoms with Gasteiger partial charge >= 0.3 is 0 Å². The summed E-state index contributed by atoms with van der Waals surface area (Å²) in [6, 6.07) is 12.2. The minimum absolute atomic E-state index is 0.161. The molecule has 3 N–H and O–H groups in total. The predicted molar refractivity (Wildman–Crippen MR) is 106 cm³/mol. The molecule has 3 aromatic rings. The molecule has 150 valence electrons. The number of sulfonamides is 1. The summed E-state index contributed by atoms with van der Waals surface area (Å²) in [4.78, 5) is 12.1. The number of hydrogen-bond donors (Lipinski definition) is 2. The van der Waals surface area contributed by atoms with Gasteiger partial charge in [-0.2, -0.15) is 5.10 Å². The van der Waals surface area contributed by atoms with Crippen LogP contribution in [0.3, 0.4) is 0 Å². The Labute approximate surface area is 167 Å². The number of nitrogens with two attached hydrogens (primary N) is 1. The molecule has 1 aliphatic rings. The van der Waals surface area contributed by atoms with Crippen molar-refractivity contribution < 1.29 is 17.6 Å². The Morgan fingerprint density at radius 2 is 1.97 bits per heavy atom. The monoisotopic (exact) mass is 414 g/mol. The number of carbonyl (C=O) groups excluding carboxylic acids is 1. The molecule has 29 heavy (non-hydrogen) atoms.